The van der Waals surface area contributed by atoms with Crippen LogP contribution in [0.2, 0.25) is 0 Å². The second-order valence-electron chi connectivity index (χ2n) is 21.6. The molecule has 0 aliphatic rings. The molecule has 0 saturated carbocycles. The number of carbonyl (C=O) groups excluding carboxylic acids is 3. The zero-order chi connectivity index (χ0) is 58.5. The van der Waals surface area contributed by atoms with Crippen LogP contribution in [-0.2, 0) is 28.6 Å². The van der Waals surface area contributed by atoms with Crippen LogP contribution in [0.3, 0.4) is 0 Å². The van der Waals surface area contributed by atoms with Crippen molar-refractivity contribution in [2.45, 2.75) is 297 Å². The topological polar surface area (TPSA) is 78.9 Å². The first-order valence-electron chi connectivity index (χ1n) is 33.3. The van der Waals surface area contributed by atoms with E-state index in [0.717, 1.165) is 167 Å². The van der Waals surface area contributed by atoms with Gasteiger partial charge in [-0.2, -0.15) is 0 Å². The SMILES string of the molecule is CC/C=C\C/C=C\C/C=C\C/C=C\C/C=C\CCCCCCCCCCCC(=O)OCC(COC(=O)CCCCCCC/C=C\C/C=C\CCC)OC(=O)CCCCCCCCCCC/C=C\C/C=C\C/C=C\C/C=C\C/C=C\CC. The summed E-state index contributed by atoms with van der Waals surface area (Å²) in [7, 11) is 0. The average molecular weight is 1120 g/mol. The van der Waals surface area contributed by atoms with Crippen molar-refractivity contribution in [3.8, 4) is 0 Å². The van der Waals surface area contributed by atoms with E-state index in [9.17, 15) is 14.4 Å². The third-order valence-corrected chi connectivity index (χ3v) is 13.8. The first-order valence-corrected chi connectivity index (χ1v) is 33.3. The molecule has 0 aliphatic carbocycles. The summed E-state index contributed by atoms with van der Waals surface area (Å²) in [6, 6.07) is 0. The van der Waals surface area contributed by atoms with Gasteiger partial charge in [0.25, 0.3) is 0 Å². The highest BCUT2D eigenvalue weighted by atomic mass is 16.6. The Morgan fingerprint density at radius 2 is 0.481 bits per heavy atom. The van der Waals surface area contributed by atoms with Crippen molar-refractivity contribution in [1.29, 1.82) is 0 Å². The fourth-order valence-electron chi connectivity index (χ4n) is 8.89. The Bertz CT molecular complexity index is 1760. The average Bonchev–Trinajstić information content (AvgIpc) is 3.46. The molecule has 0 aromatic carbocycles. The molecule has 0 saturated heterocycles. The molecule has 6 nitrogen and oxygen atoms in total. The van der Waals surface area contributed by atoms with Gasteiger partial charge < -0.3 is 14.2 Å². The maximum absolute atomic E-state index is 12.9. The fourth-order valence-corrected chi connectivity index (χ4v) is 8.89. The number of esters is 3. The van der Waals surface area contributed by atoms with Gasteiger partial charge in [0.15, 0.2) is 6.10 Å². The summed E-state index contributed by atoms with van der Waals surface area (Å²) in [5, 5.41) is 0. The maximum atomic E-state index is 12.9. The van der Waals surface area contributed by atoms with E-state index in [4.69, 9.17) is 14.2 Å². The zero-order valence-corrected chi connectivity index (χ0v) is 52.5. The van der Waals surface area contributed by atoms with Gasteiger partial charge in [-0.1, -0.05) is 282 Å². The van der Waals surface area contributed by atoms with Crippen LogP contribution >= 0.6 is 0 Å². The van der Waals surface area contributed by atoms with Crippen LogP contribution in [0.25, 0.3) is 0 Å². The predicted molar refractivity (Wildman–Crippen MR) is 352 cm³/mol. The highest BCUT2D eigenvalue weighted by Gasteiger charge is 2.19. The largest absolute Gasteiger partial charge is 0.462 e. The van der Waals surface area contributed by atoms with Crippen molar-refractivity contribution in [2.75, 3.05) is 13.2 Å². The molecule has 6 heteroatoms. The van der Waals surface area contributed by atoms with Gasteiger partial charge in [0.2, 0.25) is 0 Å². The molecule has 1 atom stereocenters. The lowest BCUT2D eigenvalue weighted by atomic mass is 10.1. The van der Waals surface area contributed by atoms with Gasteiger partial charge in [-0.05, 0) is 135 Å². The number of ether oxygens (including phenoxy) is 3. The minimum Gasteiger partial charge on any atom is -0.462 e. The summed E-state index contributed by atoms with van der Waals surface area (Å²) in [6.45, 7) is 6.34. The van der Waals surface area contributed by atoms with Crippen molar-refractivity contribution < 1.29 is 28.6 Å². The maximum Gasteiger partial charge on any atom is 0.306 e. The van der Waals surface area contributed by atoms with Gasteiger partial charge in [-0.3, -0.25) is 14.4 Å². The van der Waals surface area contributed by atoms with Gasteiger partial charge >= 0.3 is 17.9 Å². The van der Waals surface area contributed by atoms with Crippen molar-refractivity contribution in [2.24, 2.45) is 0 Å². The van der Waals surface area contributed by atoms with E-state index in [0.29, 0.717) is 19.3 Å². The van der Waals surface area contributed by atoms with Gasteiger partial charge in [-0.25, -0.2) is 0 Å². The highest BCUT2D eigenvalue weighted by molar-refractivity contribution is 5.71. The second-order valence-corrected chi connectivity index (χ2v) is 21.6. The number of rotatable bonds is 59. The summed E-state index contributed by atoms with van der Waals surface area (Å²) in [5.41, 5.74) is 0. The molecule has 0 aromatic heterocycles. The molecule has 0 rings (SSSR count). The van der Waals surface area contributed by atoms with E-state index >= 15 is 0 Å². The van der Waals surface area contributed by atoms with Crippen LogP contribution in [0.4, 0.5) is 0 Å². The third kappa shape index (κ3) is 66.0. The minimum absolute atomic E-state index is 0.0925. The van der Waals surface area contributed by atoms with Crippen molar-refractivity contribution >= 4 is 17.9 Å². The Labute approximate surface area is 499 Å². The minimum atomic E-state index is -0.798. The second kappa shape index (κ2) is 67.8. The molecular weight excluding hydrogens is 997 g/mol. The lowest BCUT2D eigenvalue weighted by molar-refractivity contribution is -0.167. The highest BCUT2D eigenvalue weighted by Crippen LogP contribution is 2.16. The molecule has 0 spiro atoms. The van der Waals surface area contributed by atoms with Gasteiger partial charge in [0.1, 0.15) is 13.2 Å². The van der Waals surface area contributed by atoms with E-state index < -0.39 is 6.10 Å². The van der Waals surface area contributed by atoms with E-state index in [2.05, 4.69) is 167 Å². The zero-order valence-electron chi connectivity index (χ0n) is 52.5. The van der Waals surface area contributed by atoms with Gasteiger partial charge in [0, 0.05) is 19.3 Å². The van der Waals surface area contributed by atoms with Crippen LogP contribution in [0.5, 0.6) is 0 Å². The Morgan fingerprint density at radius 1 is 0.259 bits per heavy atom. The fraction of sp³-hybridized carbons (Fsp3) is 0.640. The van der Waals surface area contributed by atoms with Crippen LogP contribution in [0.15, 0.2) is 146 Å². The molecule has 0 heterocycles. The van der Waals surface area contributed by atoms with E-state index in [1.165, 1.54) is 83.5 Å². The van der Waals surface area contributed by atoms with Crippen molar-refractivity contribution in [1.82, 2.24) is 0 Å². The van der Waals surface area contributed by atoms with E-state index in [-0.39, 0.29) is 31.1 Å². The molecular formula is C75H122O6. The molecule has 458 valence electrons. The number of hydrogen-bond acceptors (Lipinski definition) is 6. The number of carbonyl (C=O) groups is 3. The van der Waals surface area contributed by atoms with E-state index in [1.54, 1.807) is 0 Å². The Balaban J connectivity index is 4.37. The summed E-state index contributed by atoms with van der Waals surface area (Å²) in [6.07, 6.45) is 97.1. The first-order chi connectivity index (χ1) is 40.0. The quantitative estimate of drug-likeness (QED) is 0.0261. The molecule has 0 fully saturated rings. The van der Waals surface area contributed by atoms with Crippen LogP contribution in [-0.4, -0.2) is 37.2 Å². The molecule has 81 heavy (non-hydrogen) atoms. The summed E-state index contributed by atoms with van der Waals surface area (Å²) >= 11 is 0. The molecule has 0 radical (unpaired) electrons. The lowest BCUT2D eigenvalue weighted by Gasteiger charge is -2.18. The Kier molecular flexibility index (Phi) is 63.9. The van der Waals surface area contributed by atoms with E-state index in [1.807, 2.05) is 0 Å². The monoisotopic (exact) mass is 1120 g/mol. The number of hydrogen-bond donors (Lipinski definition) is 0. The third-order valence-electron chi connectivity index (χ3n) is 13.8. The van der Waals surface area contributed by atoms with Crippen molar-refractivity contribution in [3.63, 3.8) is 0 Å². The molecule has 0 aromatic rings. The molecule has 0 amide bonds. The van der Waals surface area contributed by atoms with Gasteiger partial charge in [-0.15, -0.1) is 0 Å². The molecule has 0 aliphatic heterocycles. The summed E-state index contributed by atoms with van der Waals surface area (Å²) in [4.78, 5) is 38.4. The van der Waals surface area contributed by atoms with Crippen LogP contribution in [0, 0.1) is 0 Å². The Hall–Kier alpha value is -4.71. The summed E-state index contributed by atoms with van der Waals surface area (Å²) < 4.78 is 16.9. The summed E-state index contributed by atoms with van der Waals surface area (Å²) in [5.74, 6) is -0.916. The van der Waals surface area contributed by atoms with Crippen molar-refractivity contribution in [3.05, 3.63) is 146 Å². The van der Waals surface area contributed by atoms with Crippen LogP contribution < -0.4 is 0 Å². The smallest absolute Gasteiger partial charge is 0.306 e. The predicted octanol–water partition coefficient (Wildman–Crippen LogP) is 23.1. The molecule has 0 bridgehead atoms. The lowest BCUT2D eigenvalue weighted by Crippen LogP contribution is -2.30. The standard InChI is InChI=1S/C75H122O6/c1-4-7-10-13-16-19-22-25-27-29-31-33-35-37-39-41-43-45-47-50-53-56-59-62-65-68-74(77)80-71-72(70-79-73(76)67-64-61-58-55-52-49-24-21-18-15-12-9-6-3)81-75(78)69-66-63-60-57-54-51-48-46-44-42-40-38-36-34-32-30-28-26-23-20-17-14-11-8-5-2/h7-8,10-12,15-17,19-21,24-28,31-34,37-40,72H,4-6,9,13-14,18,22-23,29-30,35-36,41-71H2,1-3H3/b10-7-,11-8-,15-12-,19-16-,20-17-,24-21-,27-25-,28-26-,33-31-,34-32-,39-37-,40-38-. The normalized spacial score (nSPS) is 13.1. The number of allylic oxidation sites excluding steroid dienone is 24. The Morgan fingerprint density at radius 3 is 0.753 bits per heavy atom. The van der Waals surface area contributed by atoms with Gasteiger partial charge in [0.05, 0.1) is 0 Å². The molecule has 0 N–H and O–H groups in total. The first kappa shape index (κ1) is 76.3. The van der Waals surface area contributed by atoms with Crippen LogP contribution in [0.1, 0.15) is 290 Å². The molecule has 1 unspecified atom stereocenters. The number of unbranched alkanes of at least 4 members (excludes halogenated alkanes) is 24.